The molecule has 2 aromatic rings. The number of aliphatic hydroxyl groups is 2. The Hall–Kier alpha value is -1.78. The molecule has 20 heavy (non-hydrogen) atoms. The van der Waals surface area contributed by atoms with Gasteiger partial charge >= 0.3 is 0 Å². The summed E-state index contributed by atoms with van der Waals surface area (Å²) in [4.78, 5) is 0. The minimum Gasteiger partial charge on any atom is -0.389 e. The Morgan fingerprint density at radius 1 is 0.650 bits per heavy atom. The molecule has 0 unspecified atom stereocenters. The van der Waals surface area contributed by atoms with Gasteiger partial charge in [0.1, 0.15) is 11.6 Å². The van der Waals surface area contributed by atoms with Crippen molar-refractivity contribution in [3.8, 4) is 0 Å². The van der Waals surface area contributed by atoms with E-state index in [0.717, 1.165) is 11.1 Å². The lowest BCUT2D eigenvalue weighted by Gasteiger charge is -2.46. The Morgan fingerprint density at radius 3 is 1.45 bits per heavy atom. The van der Waals surface area contributed by atoms with Crippen LogP contribution in [0.5, 0.6) is 0 Å². The van der Waals surface area contributed by atoms with Crippen LogP contribution < -0.4 is 0 Å². The summed E-state index contributed by atoms with van der Waals surface area (Å²) in [6.45, 7) is 0. The van der Waals surface area contributed by atoms with Crippen molar-refractivity contribution in [3.05, 3.63) is 70.3 Å². The van der Waals surface area contributed by atoms with Gasteiger partial charge in [0.05, 0.1) is 12.2 Å². The number of hydrogen-bond donors (Lipinski definition) is 2. The van der Waals surface area contributed by atoms with Crippen LogP contribution in [0, 0.1) is 11.6 Å². The van der Waals surface area contributed by atoms with E-state index < -0.39 is 24.0 Å². The maximum atomic E-state index is 13.5. The molecule has 0 amide bonds. The van der Waals surface area contributed by atoms with Crippen LogP contribution in [0.4, 0.5) is 8.78 Å². The zero-order chi connectivity index (χ0) is 14.0. The second-order valence-corrected chi connectivity index (χ2v) is 5.48. The highest BCUT2D eigenvalue weighted by molar-refractivity contribution is 5.57. The van der Waals surface area contributed by atoms with Crippen molar-refractivity contribution in [2.24, 2.45) is 0 Å². The first-order valence-corrected chi connectivity index (χ1v) is 6.53. The second-order valence-electron chi connectivity index (χ2n) is 5.48. The quantitative estimate of drug-likeness (QED) is 0.773. The Labute approximate surface area is 114 Å². The summed E-state index contributed by atoms with van der Waals surface area (Å²) >= 11 is 0. The van der Waals surface area contributed by atoms with Crippen molar-refractivity contribution in [1.29, 1.82) is 0 Å². The van der Waals surface area contributed by atoms with Crippen molar-refractivity contribution in [3.63, 3.8) is 0 Å². The van der Waals surface area contributed by atoms with E-state index in [1.54, 1.807) is 12.1 Å². The third kappa shape index (κ3) is 1.38. The molecule has 4 atom stereocenters. The number of aliphatic hydroxyl groups excluding tert-OH is 2. The van der Waals surface area contributed by atoms with E-state index >= 15 is 0 Å². The second kappa shape index (κ2) is 3.87. The van der Waals surface area contributed by atoms with Gasteiger partial charge in [-0.05, 0) is 46.5 Å². The monoisotopic (exact) mass is 274 g/mol. The standard InChI is InChI=1S/C16H12F2O2/c17-7-1-3-9-11(5-7)14-10-4-2-8(18)6-12(10)13(9)15(19)16(14)20/h1-6,13-16,19-20H/t13-,14-,15-,16+/m0/s1. The summed E-state index contributed by atoms with van der Waals surface area (Å²) < 4.78 is 27.0. The van der Waals surface area contributed by atoms with E-state index in [0.29, 0.717) is 11.1 Å². The van der Waals surface area contributed by atoms with E-state index in [4.69, 9.17) is 0 Å². The Kier molecular flexibility index (Phi) is 2.32. The molecule has 3 aliphatic carbocycles. The summed E-state index contributed by atoms with van der Waals surface area (Å²) in [6.07, 6.45) is -1.99. The fourth-order valence-electron chi connectivity index (χ4n) is 3.66. The summed E-state index contributed by atoms with van der Waals surface area (Å²) in [6, 6.07) is 8.69. The molecule has 0 saturated carbocycles. The van der Waals surface area contributed by atoms with Gasteiger partial charge in [0, 0.05) is 11.8 Å². The molecule has 2 aromatic carbocycles. The van der Waals surface area contributed by atoms with Crippen molar-refractivity contribution in [1.82, 2.24) is 0 Å². The molecule has 2 bridgehead atoms. The van der Waals surface area contributed by atoms with Gasteiger partial charge in [-0.25, -0.2) is 8.78 Å². The molecule has 2 N–H and O–H groups in total. The van der Waals surface area contributed by atoms with E-state index in [1.807, 2.05) is 0 Å². The minimum atomic E-state index is -0.993. The highest BCUT2D eigenvalue weighted by atomic mass is 19.1. The van der Waals surface area contributed by atoms with Crippen LogP contribution in [-0.2, 0) is 0 Å². The summed E-state index contributed by atoms with van der Waals surface area (Å²) in [7, 11) is 0. The van der Waals surface area contributed by atoms with Crippen molar-refractivity contribution >= 4 is 0 Å². The maximum absolute atomic E-state index is 13.5. The van der Waals surface area contributed by atoms with Crippen LogP contribution in [-0.4, -0.2) is 22.4 Å². The normalized spacial score (nSPS) is 30.0. The van der Waals surface area contributed by atoms with Gasteiger partial charge in [-0.3, -0.25) is 0 Å². The summed E-state index contributed by atoms with van der Waals surface area (Å²) in [5.41, 5.74) is 2.92. The van der Waals surface area contributed by atoms with Crippen molar-refractivity contribution in [2.45, 2.75) is 24.0 Å². The fraction of sp³-hybridized carbons (Fsp3) is 0.250. The van der Waals surface area contributed by atoms with Crippen LogP contribution in [0.15, 0.2) is 36.4 Å². The molecular formula is C16H12F2O2. The lowest BCUT2D eigenvalue weighted by molar-refractivity contribution is -0.0156. The number of benzene rings is 2. The van der Waals surface area contributed by atoms with Gasteiger partial charge < -0.3 is 10.2 Å². The van der Waals surface area contributed by atoms with Crippen LogP contribution in [0.2, 0.25) is 0 Å². The van der Waals surface area contributed by atoms with Crippen LogP contribution in [0.25, 0.3) is 0 Å². The Bertz CT molecular complexity index is 652. The molecule has 0 spiro atoms. The molecule has 5 rings (SSSR count). The molecule has 3 aliphatic rings. The zero-order valence-electron chi connectivity index (χ0n) is 10.4. The molecule has 0 aromatic heterocycles. The predicted molar refractivity (Wildman–Crippen MR) is 68.5 cm³/mol. The van der Waals surface area contributed by atoms with Gasteiger partial charge in [0.25, 0.3) is 0 Å². The number of fused-ring (bicyclic) bond motifs is 1. The van der Waals surface area contributed by atoms with Crippen LogP contribution in [0.3, 0.4) is 0 Å². The predicted octanol–water partition coefficient (Wildman–Crippen LogP) is 2.28. The number of rotatable bonds is 0. The number of hydrogen-bond acceptors (Lipinski definition) is 2. The topological polar surface area (TPSA) is 40.5 Å². The van der Waals surface area contributed by atoms with Gasteiger partial charge in [-0.1, -0.05) is 12.1 Å². The highest BCUT2D eigenvalue weighted by Gasteiger charge is 2.48. The van der Waals surface area contributed by atoms with E-state index in [9.17, 15) is 19.0 Å². The molecule has 0 radical (unpaired) electrons. The van der Waals surface area contributed by atoms with E-state index in [-0.39, 0.29) is 11.6 Å². The first-order valence-electron chi connectivity index (χ1n) is 6.53. The van der Waals surface area contributed by atoms with Crippen LogP contribution in [0.1, 0.15) is 34.1 Å². The lowest BCUT2D eigenvalue weighted by atomic mass is 9.61. The van der Waals surface area contributed by atoms with Gasteiger partial charge in [-0.2, -0.15) is 0 Å². The summed E-state index contributed by atoms with van der Waals surface area (Å²) in [5.74, 6) is -1.75. The molecular weight excluding hydrogens is 262 g/mol. The van der Waals surface area contributed by atoms with E-state index in [1.165, 1.54) is 24.3 Å². The van der Waals surface area contributed by atoms with Crippen molar-refractivity contribution in [2.75, 3.05) is 0 Å². The van der Waals surface area contributed by atoms with Gasteiger partial charge in [0.2, 0.25) is 0 Å². The molecule has 0 heterocycles. The number of halogens is 2. The molecule has 0 fully saturated rings. The molecule has 2 nitrogen and oxygen atoms in total. The third-order valence-corrected chi connectivity index (χ3v) is 4.47. The smallest absolute Gasteiger partial charge is 0.123 e. The minimum absolute atomic E-state index is 0.373. The third-order valence-electron chi connectivity index (χ3n) is 4.47. The van der Waals surface area contributed by atoms with Gasteiger partial charge in [0.15, 0.2) is 0 Å². The SMILES string of the molecule is O[C@@H]1[C@@H]2c3cc(F)ccc3[C@@H](c3cc(F)ccc32)[C@@H]1O. The highest BCUT2D eigenvalue weighted by Crippen LogP contribution is 2.52. The fourth-order valence-corrected chi connectivity index (χ4v) is 3.66. The van der Waals surface area contributed by atoms with Gasteiger partial charge in [-0.15, -0.1) is 0 Å². The molecule has 102 valence electrons. The molecule has 0 aliphatic heterocycles. The maximum Gasteiger partial charge on any atom is 0.123 e. The average Bonchev–Trinajstić information content (AvgIpc) is 2.42. The lowest BCUT2D eigenvalue weighted by Crippen LogP contribution is -2.47. The zero-order valence-corrected chi connectivity index (χ0v) is 10.4. The largest absolute Gasteiger partial charge is 0.389 e. The Balaban J connectivity index is 2.04. The van der Waals surface area contributed by atoms with Crippen molar-refractivity contribution < 1.29 is 19.0 Å². The van der Waals surface area contributed by atoms with E-state index in [2.05, 4.69) is 0 Å². The molecule has 0 saturated heterocycles. The molecule has 4 heteroatoms. The Morgan fingerprint density at radius 2 is 1.05 bits per heavy atom. The first-order chi connectivity index (χ1) is 9.58. The first kappa shape index (κ1) is 12.0. The summed E-state index contributed by atoms with van der Waals surface area (Å²) in [5, 5.41) is 20.5. The van der Waals surface area contributed by atoms with Crippen LogP contribution >= 0.6 is 0 Å². The average molecular weight is 274 g/mol.